The SMILES string of the molecule is CCSC1(CC)N=NC(C(F)(F)F)=C1N(C=O)c1c(F)cc(F)cc1F. The number of thioether (sulfide) groups is 1. The molecule has 1 aromatic carbocycles. The van der Waals surface area contributed by atoms with Gasteiger partial charge < -0.3 is 0 Å². The summed E-state index contributed by atoms with van der Waals surface area (Å²) in [5, 5.41) is 6.79. The molecule has 0 aliphatic carbocycles. The summed E-state index contributed by atoms with van der Waals surface area (Å²) in [6, 6.07) is 0.541. The second-order valence-corrected chi connectivity index (χ2v) is 6.70. The smallest absolute Gasteiger partial charge is 0.278 e. The average molecular weight is 397 g/mol. The monoisotopic (exact) mass is 397 g/mol. The molecule has 2 rings (SSSR count). The molecule has 1 aliphatic rings. The van der Waals surface area contributed by atoms with Gasteiger partial charge in [-0.05, 0) is 12.2 Å². The van der Waals surface area contributed by atoms with Gasteiger partial charge >= 0.3 is 6.18 Å². The van der Waals surface area contributed by atoms with Crippen molar-refractivity contribution in [2.45, 2.75) is 31.3 Å². The van der Waals surface area contributed by atoms with Crippen LogP contribution in [0, 0.1) is 17.5 Å². The van der Waals surface area contributed by atoms with Crippen molar-refractivity contribution in [1.29, 1.82) is 0 Å². The van der Waals surface area contributed by atoms with Gasteiger partial charge in [-0.1, -0.05) is 13.8 Å². The van der Waals surface area contributed by atoms with Crippen molar-refractivity contribution < 1.29 is 31.1 Å². The minimum absolute atomic E-state index is 0.0291. The average Bonchev–Trinajstić information content (AvgIpc) is 2.91. The third-order valence-electron chi connectivity index (χ3n) is 3.61. The van der Waals surface area contributed by atoms with Crippen LogP contribution in [-0.4, -0.2) is 23.2 Å². The Morgan fingerprint density at radius 1 is 1.19 bits per heavy atom. The first-order chi connectivity index (χ1) is 12.1. The van der Waals surface area contributed by atoms with Crippen LogP contribution in [0.1, 0.15) is 20.3 Å². The second kappa shape index (κ2) is 7.29. The van der Waals surface area contributed by atoms with E-state index in [4.69, 9.17) is 0 Å². The van der Waals surface area contributed by atoms with Crippen LogP contribution in [0.3, 0.4) is 0 Å². The number of rotatable bonds is 6. The Morgan fingerprint density at radius 3 is 2.19 bits per heavy atom. The molecule has 26 heavy (non-hydrogen) atoms. The first-order valence-corrected chi connectivity index (χ1v) is 8.37. The third-order valence-corrected chi connectivity index (χ3v) is 4.94. The number of hydrogen-bond acceptors (Lipinski definition) is 4. The van der Waals surface area contributed by atoms with Gasteiger partial charge in [0, 0.05) is 12.1 Å². The van der Waals surface area contributed by atoms with Gasteiger partial charge in [0.25, 0.3) is 0 Å². The predicted octanol–water partition coefficient (Wildman–Crippen LogP) is 5.17. The van der Waals surface area contributed by atoms with E-state index >= 15 is 0 Å². The molecule has 4 nitrogen and oxygen atoms in total. The van der Waals surface area contributed by atoms with Crippen LogP contribution >= 0.6 is 11.8 Å². The Kier molecular flexibility index (Phi) is 5.69. The fourth-order valence-corrected chi connectivity index (χ4v) is 3.67. The first-order valence-electron chi connectivity index (χ1n) is 7.39. The number of alkyl halides is 3. The minimum atomic E-state index is -5.02. The molecular weight excluding hydrogens is 384 g/mol. The number of halogens is 6. The fraction of sp³-hybridized carbons (Fsp3) is 0.400. The molecular formula is C15H13F6N3OS. The number of benzene rings is 1. The summed E-state index contributed by atoms with van der Waals surface area (Å²) < 4.78 is 81.6. The second-order valence-electron chi connectivity index (χ2n) is 5.16. The molecule has 0 saturated heterocycles. The highest BCUT2D eigenvalue weighted by atomic mass is 32.2. The molecule has 0 saturated carbocycles. The van der Waals surface area contributed by atoms with E-state index in [9.17, 15) is 31.1 Å². The normalized spacial score (nSPS) is 20.0. The van der Waals surface area contributed by atoms with Gasteiger partial charge in [0.15, 0.2) is 22.2 Å². The lowest BCUT2D eigenvalue weighted by atomic mass is 10.1. The zero-order valence-corrected chi connectivity index (χ0v) is 14.4. The maximum absolute atomic E-state index is 14.1. The molecule has 0 N–H and O–H groups in total. The summed E-state index contributed by atoms with van der Waals surface area (Å²) >= 11 is 0.930. The van der Waals surface area contributed by atoms with E-state index in [2.05, 4.69) is 10.2 Å². The van der Waals surface area contributed by atoms with E-state index in [0.29, 0.717) is 5.75 Å². The Labute approximate surface area is 149 Å². The number of nitrogens with zero attached hydrogens (tertiary/aromatic N) is 3. The van der Waals surface area contributed by atoms with Crippen molar-refractivity contribution >= 4 is 23.9 Å². The molecule has 1 unspecified atom stereocenters. The Morgan fingerprint density at radius 2 is 1.77 bits per heavy atom. The number of azo groups is 1. The molecule has 1 aliphatic heterocycles. The summed E-state index contributed by atoms with van der Waals surface area (Å²) in [4.78, 5) is 10.1. The van der Waals surface area contributed by atoms with Crippen LogP contribution in [0.4, 0.5) is 32.0 Å². The Bertz CT molecular complexity index is 756. The summed E-state index contributed by atoms with van der Waals surface area (Å²) in [5.41, 5.74) is -3.46. The number of anilines is 1. The van der Waals surface area contributed by atoms with Gasteiger partial charge in [-0.15, -0.1) is 16.9 Å². The van der Waals surface area contributed by atoms with E-state index in [1.165, 1.54) is 6.92 Å². The predicted molar refractivity (Wildman–Crippen MR) is 84.0 cm³/mol. The first kappa shape index (κ1) is 20.3. The molecule has 142 valence electrons. The summed E-state index contributed by atoms with van der Waals surface area (Å²) in [6.07, 6.45) is -5.21. The van der Waals surface area contributed by atoms with E-state index in [1.54, 1.807) is 6.92 Å². The lowest BCUT2D eigenvalue weighted by Gasteiger charge is -2.32. The molecule has 1 atom stereocenters. The molecule has 0 fully saturated rings. The minimum Gasteiger partial charge on any atom is -0.278 e. The highest BCUT2D eigenvalue weighted by Gasteiger charge is 2.51. The van der Waals surface area contributed by atoms with Crippen molar-refractivity contribution in [1.82, 2.24) is 0 Å². The standard InChI is InChI=1S/C15H13F6N3OS/c1-3-14(26-4-2)13(12(22-23-14)15(19,20)21)24(7-25)11-9(17)5-8(16)6-10(11)18/h5-7H,3-4H2,1-2H3. The number of amides is 1. The van der Waals surface area contributed by atoms with Crippen LogP contribution in [0.25, 0.3) is 0 Å². The highest BCUT2D eigenvalue weighted by molar-refractivity contribution is 8.00. The van der Waals surface area contributed by atoms with Gasteiger partial charge in [0.1, 0.15) is 11.5 Å². The van der Waals surface area contributed by atoms with Crippen molar-refractivity contribution in [2.75, 3.05) is 10.7 Å². The topological polar surface area (TPSA) is 45.0 Å². The molecule has 0 aromatic heterocycles. The molecule has 0 radical (unpaired) electrons. The van der Waals surface area contributed by atoms with Crippen LogP contribution in [0.15, 0.2) is 33.8 Å². The third kappa shape index (κ3) is 3.44. The molecule has 1 amide bonds. The zero-order chi connectivity index (χ0) is 19.7. The molecule has 0 spiro atoms. The van der Waals surface area contributed by atoms with Crippen molar-refractivity contribution in [3.8, 4) is 0 Å². The van der Waals surface area contributed by atoms with Crippen LogP contribution in [-0.2, 0) is 4.79 Å². The fourth-order valence-electron chi connectivity index (χ4n) is 2.56. The quantitative estimate of drug-likeness (QED) is 0.491. The zero-order valence-electron chi connectivity index (χ0n) is 13.6. The van der Waals surface area contributed by atoms with Crippen LogP contribution in [0.5, 0.6) is 0 Å². The molecule has 1 heterocycles. The number of allylic oxidation sites excluding steroid dienone is 1. The number of carbonyl (C=O) groups is 1. The molecule has 1 aromatic rings. The summed E-state index contributed by atoms with van der Waals surface area (Å²) in [5.74, 6) is -4.03. The van der Waals surface area contributed by atoms with Crippen molar-refractivity contribution in [3.05, 3.63) is 41.0 Å². The Balaban J connectivity index is 2.78. The maximum atomic E-state index is 14.1. The van der Waals surface area contributed by atoms with E-state index in [-0.39, 0.29) is 29.9 Å². The van der Waals surface area contributed by atoms with E-state index in [0.717, 1.165) is 11.8 Å². The van der Waals surface area contributed by atoms with Crippen LogP contribution < -0.4 is 4.90 Å². The number of hydrogen-bond donors (Lipinski definition) is 0. The lowest BCUT2D eigenvalue weighted by Crippen LogP contribution is -2.37. The Hall–Kier alpha value is -2.04. The number of carbonyl (C=O) groups excluding carboxylic acids is 1. The van der Waals surface area contributed by atoms with Crippen molar-refractivity contribution in [2.24, 2.45) is 10.2 Å². The van der Waals surface area contributed by atoms with Gasteiger partial charge in [0.05, 0.1) is 5.70 Å². The molecule has 0 bridgehead atoms. The van der Waals surface area contributed by atoms with Crippen LogP contribution in [0.2, 0.25) is 0 Å². The van der Waals surface area contributed by atoms with Gasteiger partial charge in [0.2, 0.25) is 6.41 Å². The van der Waals surface area contributed by atoms with E-state index < -0.39 is 45.6 Å². The van der Waals surface area contributed by atoms with Gasteiger partial charge in [-0.3, -0.25) is 9.69 Å². The van der Waals surface area contributed by atoms with E-state index in [1.807, 2.05) is 0 Å². The highest BCUT2D eigenvalue weighted by Crippen LogP contribution is 2.50. The van der Waals surface area contributed by atoms with Gasteiger partial charge in [-0.25, -0.2) is 13.2 Å². The largest absolute Gasteiger partial charge is 0.437 e. The maximum Gasteiger partial charge on any atom is 0.437 e. The molecule has 11 heteroatoms. The van der Waals surface area contributed by atoms with Gasteiger partial charge in [-0.2, -0.15) is 18.3 Å². The summed E-state index contributed by atoms with van der Waals surface area (Å²) in [7, 11) is 0. The summed E-state index contributed by atoms with van der Waals surface area (Å²) in [6.45, 7) is 3.15. The lowest BCUT2D eigenvalue weighted by molar-refractivity contribution is -0.107. The van der Waals surface area contributed by atoms with Crippen molar-refractivity contribution in [3.63, 3.8) is 0 Å².